The number of ether oxygens (including phenoxy) is 1. The predicted octanol–water partition coefficient (Wildman–Crippen LogP) is 3.23. The van der Waals surface area contributed by atoms with Gasteiger partial charge in [0, 0.05) is 23.7 Å². The molecule has 2 unspecified atom stereocenters. The Kier molecular flexibility index (Phi) is 5.29. The number of rotatable bonds is 5. The molecule has 2 aliphatic carbocycles. The molecule has 3 N–H and O–H groups in total. The van der Waals surface area contributed by atoms with Crippen molar-refractivity contribution in [1.29, 1.82) is 0 Å². The van der Waals surface area contributed by atoms with Crippen LogP contribution < -0.4 is 11.3 Å². The van der Waals surface area contributed by atoms with Crippen LogP contribution in [0.2, 0.25) is 0 Å². The van der Waals surface area contributed by atoms with Gasteiger partial charge in [-0.1, -0.05) is 19.3 Å². The second-order valence-electron chi connectivity index (χ2n) is 7.00. The third kappa shape index (κ3) is 3.52. The molecule has 3 rings (SSSR count). The van der Waals surface area contributed by atoms with Gasteiger partial charge < -0.3 is 4.74 Å². The lowest BCUT2D eigenvalue weighted by molar-refractivity contribution is -0.146. The summed E-state index contributed by atoms with van der Waals surface area (Å²) in [6.07, 6.45) is 13.4. The molecule has 2 saturated carbocycles. The summed E-state index contributed by atoms with van der Waals surface area (Å²) < 4.78 is 6.05. The van der Waals surface area contributed by atoms with E-state index in [4.69, 9.17) is 10.6 Å². The van der Waals surface area contributed by atoms with Crippen LogP contribution in [-0.4, -0.2) is 29.3 Å². The largest absolute Gasteiger partial charge is 0.375 e. The Labute approximate surface area is 127 Å². The van der Waals surface area contributed by atoms with E-state index in [0.717, 1.165) is 11.9 Å². The zero-order valence-electron chi connectivity index (χ0n) is 12.6. The Hall–Kier alpha value is 0.230. The van der Waals surface area contributed by atoms with Gasteiger partial charge >= 0.3 is 0 Å². The van der Waals surface area contributed by atoms with E-state index in [0.29, 0.717) is 12.0 Å². The SMILES string of the molecule is NNC(CSC1CCCCC1)C1CCOC2(CCC2)C1. The molecule has 0 aromatic rings. The second-order valence-corrected chi connectivity index (χ2v) is 8.34. The van der Waals surface area contributed by atoms with Gasteiger partial charge in [0.25, 0.3) is 0 Å². The van der Waals surface area contributed by atoms with Crippen molar-refractivity contribution >= 4 is 11.8 Å². The highest BCUT2D eigenvalue weighted by molar-refractivity contribution is 7.99. The van der Waals surface area contributed by atoms with Gasteiger partial charge in [0.15, 0.2) is 0 Å². The topological polar surface area (TPSA) is 47.3 Å². The number of nitrogens with one attached hydrogen (secondary N) is 1. The Balaban J connectivity index is 1.47. The van der Waals surface area contributed by atoms with Crippen LogP contribution in [0, 0.1) is 5.92 Å². The van der Waals surface area contributed by atoms with Crippen molar-refractivity contribution in [1.82, 2.24) is 5.43 Å². The average Bonchev–Trinajstić information content (AvgIpc) is 2.48. The van der Waals surface area contributed by atoms with Crippen LogP contribution in [0.1, 0.15) is 64.2 Å². The minimum Gasteiger partial charge on any atom is -0.375 e. The van der Waals surface area contributed by atoms with Crippen LogP contribution in [0.4, 0.5) is 0 Å². The van der Waals surface area contributed by atoms with Crippen molar-refractivity contribution < 1.29 is 4.74 Å². The van der Waals surface area contributed by atoms with Crippen molar-refractivity contribution in [3.05, 3.63) is 0 Å². The first kappa shape index (κ1) is 15.1. The van der Waals surface area contributed by atoms with E-state index in [-0.39, 0.29) is 5.60 Å². The van der Waals surface area contributed by atoms with Gasteiger partial charge in [-0.3, -0.25) is 11.3 Å². The Morgan fingerprint density at radius 1 is 1.15 bits per heavy atom. The van der Waals surface area contributed by atoms with E-state index in [1.54, 1.807) is 0 Å². The van der Waals surface area contributed by atoms with Crippen molar-refractivity contribution in [3.8, 4) is 0 Å². The quantitative estimate of drug-likeness (QED) is 0.604. The average molecular weight is 298 g/mol. The molecule has 0 bridgehead atoms. The van der Waals surface area contributed by atoms with Crippen molar-refractivity contribution in [2.24, 2.45) is 11.8 Å². The minimum absolute atomic E-state index is 0.244. The van der Waals surface area contributed by atoms with Gasteiger partial charge in [-0.15, -0.1) is 0 Å². The van der Waals surface area contributed by atoms with Crippen LogP contribution in [0.3, 0.4) is 0 Å². The highest BCUT2D eigenvalue weighted by Gasteiger charge is 2.44. The molecule has 0 aromatic carbocycles. The normalized spacial score (nSPS) is 31.9. The van der Waals surface area contributed by atoms with E-state index in [1.165, 1.54) is 70.0 Å². The summed E-state index contributed by atoms with van der Waals surface area (Å²) in [7, 11) is 0. The summed E-state index contributed by atoms with van der Waals surface area (Å²) in [5, 5.41) is 0.886. The van der Waals surface area contributed by atoms with Gasteiger partial charge in [0.1, 0.15) is 0 Å². The molecule has 0 aromatic heterocycles. The number of hydrogen-bond acceptors (Lipinski definition) is 4. The fraction of sp³-hybridized carbons (Fsp3) is 1.00. The first-order chi connectivity index (χ1) is 9.81. The fourth-order valence-corrected chi connectivity index (χ4v) is 5.64. The Morgan fingerprint density at radius 3 is 2.60 bits per heavy atom. The fourth-order valence-electron chi connectivity index (χ4n) is 4.12. The highest BCUT2D eigenvalue weighted by atomic mass is 32.2. The zero-order valence-corrected chi connectivity index (χ0v) is 13.4. The summed E-state index contributed by atoms with van der Waals surface area (Å²) in [4.78, 5) is 0. The summed E-state index contributed by atoms with van der Waals surface area (Å²) in [6, 6.07) is 0.475. The van der Waals surface area contributed by atoms with Gasteiger partial charge in [-0.25, -0.2) is 0 Å². The summed E-state index contributed by atoms with van der Waals surface area (Å²) in [6.45, 7) is 0.941. The number of hydrazine groups is 1. The van der Waals surface area contributed by atoms with Gasteiger partial charge in [-0.05, 0) is 50.9 Å². The zero-order chi connectivity index (χ0) is 13.8. The van der Waals surface area contributed by atoms with Crippen LogP contribution >= 0.6 is 11.8 Å². The molecule has 3 nitrogen and oxygen atoms in total. The first-order valence-electron chi connectivity index (χ1n) is 8.53. The molecule has 3 aliphatic rings. The monoisotopic (exact) mass is 298 g/mol. The summed E-state index contributed by atoms with van der Waals surface area (Å²) in [5.74, 6) is 7.76. The number of hydrogen-bond donors (Lipinski definition) is 2. The van der Waals surface area contributed by atoms with E-state index < -0.39 is 0 Å². The van der Waals surface area contributed by atoms with E-state index in [2.05, 4.69) is 17.2 Å². The maximum Gasteiger partial charge on any atom is 0.0685 e. The third-order valence-electron chi connectivity index (χ3n) is 5.64. The molecule has 116 valence electrons. The molecule has 1 aliphatic heterocycles. The molecule has 4 heteroatoms. The van der Waals surface area contributed by atoms with E-state index in [9.17, 15) is 0 Å². The highest BCUT2D eigenvalue weighted by Crippen LogP contribution is 2.45. The molecule has 1 spiro atoms. The van der Waals surface area contributed by atoms with Crippen molar-refractivity contribution in [2.75, 3.05) is 12.4 Å². The molecule has 0 amide bonds. The maximum atomic E-state index is 6.05. The lowest BCUT2D eigenvalue weighted by Crippen LogP contribution is -2.52. The van der Waals surface area contributed by atoms with Crippen LogP contribution in [0.5, 0.6) is 0 Å². The van der Waals surface area contributed by atoms with Crippen LogP contribution in [0.15, 0.2) is 0 Å². The molecule has 1 saturated heterocycles. The molecule has 20 heavy (non-hydrogen) atoms. The van der Waals surface area contributed by atoms with Gasteiger partial charge in [0.05, 0.1) is 5.60 Å². The van der Waals surface area contributed by atoms with E-state index in [1.807, 2.05) is 0 Å². The molecule has 0 radical (unpaired) electrons. The smallest absolute Gasteiger partial charge is 0.0685 e. The molecular weight excluding hydrogens is 268 g/mol. The van der Waals surface area contributed by atoms with E-state index >= 15 is 0 Å². The first-order valence-corrected chi connectivity index (χ1v) is 9.58. The third-order valence-corrected chi connectivity index (χ3v) is 7.14. The molecule has 1 heterocycles. The van der Waals surface area contributed by atoms with Crippen LogP contribution in [-0.2, 0) is 4.74 Å². The molecule has 2 atom stereocenters. The van der Waals surface area contributed by atoms with Gasteiger partial charge in [0.2, 0.25) is 0 Å². The second kappa shape index (κ2) is 6.99. The van der Waals surface area contributed by atoms with Gasteiger partial charge in [-0.2, -0.15) is 11.8 Å². The van der Waals surface area contributed by atoms with Crippen LogP contribution in [0.25, 0.3) is 0 Å². The van der Waals surface area contributed by atoms with Crippen molar-refractivity contribution in [3.63, 3.8) is 0 Å². The summed E-state index contributed by atoms with van der Waals surface area (Å²) >= 11 is 2.17. The maximum absolute atomic E-state index is 6.05. The summed E-state index contributed by atoms with van der Waals surface area (Å²) in [5.41, 5.74) is 3.36. The van der Waals surface area contributed by atoms with Crippen molar-refractivity contribution in [2.45, 2.75) is 81.1 Å². The number of thioether (sulfide) groups is 1. The lowest BCUT2D eigenvalue weighted by atomic mass is 9.70. The lowest BCUT2D eigenvalue weighted by Gasteiger charge is -2.48. The Morgan fingerprint density at radius 2 is 1.95 bits per heavy atom. The Bertz CT molecular complexity index is 303. The molecule has 3 fully saturated rings. The molecular formula is C16H30N2OS. The number of nitrogens with two attached hydrogens (primary N) is 1. The standard InChI is InChI=1S/C16H30N2OS/c17-18-15(12-20-14-5-2-1-3-6-14)13-7-10-19-16(11-13)8-4-9-16/h13-15,18H,1-12,17H2. The predicted molar refractivity (Wildman–Crippen MR) is 85.7 cm³/mol. The minimum atomic E-state index is 0.244.